The topological polar surface area (TPSA) is 93.7 Å². The largest absolute Gasteiger partial charge is 0.484 e. The van der Waals surface area contributed by atoms with Gasteiger partial charge in [-0.05, 0) is 48.9 Å². The molecule has 2 amide bonds. The van der Waals surface area contributed by atoms with Crippen LogP contribution in [0.15, 0.2) is 48.5 Å². The molecule has 0 bridgehead atoms. The van der Waals surface area contributed by atoms with Crippen molar-refractivity contribution in [2.75, 3.05) is 13.2 Å². The molecule has 0 fully saturated rings. The monoisotopic (exact) mass is 390 g/mol. The Labute approximate surface area is 161 Å². The highest BCUT2D eigenvalue weighted by molar-refractivity contribution is 6.30. The number of benzene rings is 2. The van der Waals surface area contributed by atoms with Crippen molar-refractivity contribution >= 4 is 29.4 Å². The third-order valence-corrected chi connectivity index (χ3v) is 3.53. The van der Waals surface area contributed by atoms with Gasteiger partial charge in [-0.2, -0.15) is 0 Å². The Balaban J connectivity index is 1.76. The third kappa shape index (κ3) is 6.63. The van der Waals surface area contributed by atoms with E-state index < -0.39 is 17.8 Å². The number of carbonyl (C=O) groups is 3. The number of carbonyl (C=O) groups excluding carboxylic acids is 3. The molecule has 0 aromatic heterocycles. The molecular formula is C19H19ClN2O5. The lowest BCUT2D eigenvalue weighted by molar-refractivity contribution is -0.123. The number of nitrogens with one attached hydrogen (secondary N) is 2. The first-order valence-electron chi connectivity index (χ1n) is 8.24. The zero-order valence-corrected chi connectivity index (χ0v) is 15.4. The van der Waals surface area contributed by atoms with Crippen LogP contribution in [0.4, 0.5) is 0 Å². The van der Waals surface area contributed by atoms with Crippen molar-refractivity contribution < 1.29 is 23.9 Å². The van der Waals surface area contributed by atoms with Crippen molar-refractivity contribution in [3.63, 3.8) is 0 Å². The second kappa shape index (κ2) is 10.2. The van der Waals surface area contributed by atoms with Crippen LogP contribution in [0.2, 0.25) is 5.02 Å². The van der Waals surface area contributed by atoms with E-state index in [1.807, 2.05) is 6.92 Å². The maximum Gasteiger partial charge on any atom is 0.338 e. The lowest BCUT2D eigenvalue weighted by Gasteiger charge is -2.09. The van der Waals surface area contributed by atoms with Crippen LogP contribution >= 0.6 is 11.6 Å². The van der Waals surface area contributed by atoms with Gasteiger partial charge in [0.15, 0.2) is 6.61 Å². The van der Waals surface area contributed by atoms with Gasteiger partial charge in [0.25, 0.3) is 11.8 Å². The van der Waals surface area contributed by atoms with Gasteiger partial charge in [-0.3, -0.25) is 20.4 Å². The predicted molar refractivity (Wildman–Crippen MR) is 99.6 cm³/mol. The summed E-state index contributed by atoms with van der Waals surface area (Å²) in [5, 5.41) is 0.416. The van der Waals surface area contributed by atoms with Gasteiger partial charge in [0.05, 0.1) is 12.2 Å². The van der Waals surface area contributed by atoms with Crippen LogP contribution < -0.4 is 15.6 Å². The van der Waals surface area contributed by atoms with Crippen molar-refractivity contribution in [2.45, 2.75) is 13.3 Å². The van der Waals surface area contributed by atoms with E-state index in [1.165, 1.54) is 6.07 Å². The Morgan fingerprint density at radius 2 is 1.74 bits per heavy atom. The fourth-order valence-electron chi connectivity index (χ4n) is 1.98. The number of rotatable bonds is 7. The number of hydrogen-bond acceptors (Lipinski definition) is 5. The molecule has 0 saturated carbocycles. The summed E-state index contributed by atoms with van der Waals surface area (Å²) >= 11 is 5.81. The van der Waals surface area contributed by atoms with Crippen LogP contribution in [0.3, 0.4) is 0 Å². The Morgan fingerprint density at radius 1 is 1.00 bits per heavy atom. The molecule has 0 atom stereocenters. The molecule has 0 aliphatic heterocycles. The molecule has 0 spiro atoms. The summed E-state index contributed by atoms with van der Waals surface area (Å²) in [5.41, 5.74) is 5.22. The first-order valence-corrected chi connectivity index (χ1v) is 8.62. The number of hydrazine groups is 1. The molecule has 8 heteroatoms. The maximum absolute atomic E-state index is 11.9. The highest BCUT2D eigenvalue weighted by Gasteiger charge is 2.09. The van der Waals surface area contributed by atoms with Crippen molar-refractivity contribution in [3.05, 3.63) is 64.7 Å². The predicted octanol–water partition coefficient (Wildman–Crippen LogP) is 2.75. The van der Waals surface area contributed by atoms with E-state index in [4.69, 9.17) is 21.1 Å². The molecule has 0 aliphatic carbocycles. The Bertz CT molecular complexity index is 808. The van der Waals surface area contributed by atoms with E-state index in [-0.39, 0.29) is 6.61 Å². The van der Waals surface area contributed by atoms with Crippen LogP contribution in [-0.4, -0.2) is 31.0 Å². The van der Waals surface area contributed by atoms with E-state index >= 15 is 0 Å². The number of amides is 2. The van der Waals surface area contributed by atoms with Crippen LogP contribution in [0.5, 0.6) is 5.75 Å². The van der Waals surface area contributed by atoms with Gasteiger partial charge < -0.3 is 9.47 Å². The molecule has 2 aromatic carbocycles. The van der Waals surface area contributed by atoms with E-state index in [0.29, 0.717) is 28.5 Å². The number of halogens is 1. The molecule has 2 rings (SSSR count). The molecule has 0 radical (unpaired) electrons. The second-order valence-electron chi connectivity index (χ2n) is 5.46. The SMILES string of the molecule is CCCOC(=O)c1ccc(OCC(=O)NNC(=O)c2cccc(Cl)c2)cc1. The molecule has 0 aliphatic rings. The average Bonchev–Trinajstić information content (AvgIpc) is 2.69. The Kier molecular flexibility index (Phi) is 7.63. The van der Waals surface area contributed by atoms with Gasteiger partial charge in [-0.15, -0.1) is 0 Å². The van der Waals surface area contributed by atoms with E-state index in [0.717, 1.165) is 6.42 Å². The van der Waals surface area contributed by atoms with Gasteiger partial charge in [-0.1, -0.05) is 24.6 Å². The van der Waals surface area contributed by atoms with Crippen LogP contribution in [0, 0.1) is 0 Å². The zero-order valence-electron chi connectivity index (χ0n) is 14.7. The summed E-state index contributed by atoms with van der Waals surface area (Å²) in [7, 11) is 0. The van der Waals surface area contributed by atoms with E-state index in [1.54, 1.807) is 42.5 Å². The zero-order chi connectivity index (χ0) is 19.6. The highest BCUT2D eigenvalue weighted by Crippen LogP contribution is 2.13. The van der Waals surface area contributed by atoms with Crippen molar-refractivity contribution in [1.29, 1.82) is 0 Å². The van der Waals surface area contributed by atoms with Crippen molar-refractivity contribution in [3.8, 4) is 5.75 Å². The lowest BCUT2D eigenvalue weighted by Crippen LogP contribution is -2.43. The first-order chi connectivity index (χ1) is 13.0. The Hall–Kier alpha value is -3.06. The Morgan fingerprint density at radius 3 is 2.41 bits per heavy atom. The van der Waals surface area contributed by atoms with Gasteiger partial charge in [0, 0.05) is 10.6 Å². The number of esters is 1. The summed E-state index contributed by atoms with van der Waals surface area (Å²) in [6, 6.07) is 12.5. The quantitative estimate of drug-likeness (QED) is 0.560. The molecule has 0 unspecified atom stereocenters. The molecule has 142 valence electrons. The summed E-state index contributed by atoms with van der Waals surface area (Å²) in [6.45, 7) is 1.96. The molecule has 7 nitrogen and oxygen atoms in total. The number of ether oxygens (including phenoxy) is 2. The molecule has 0 saturated heterocycles. The van der Waals surface area contributed by atoms with Crippen LogP contribution in [0.25, 0.3) is 0 Å². The van der Waals surface area contributed by atoms with Crippen molar-refractivity contribution in [1.82, 2.24) is 10.9 Å². The third-order valence-electron chi connectivity index (χ3n) is 3.30. The lowest BCUT2D eigenvalue weighted by atomic mass is 10.2. The number of hydrogen-bond donors (Lipinski definition) is 2. The molecule has 2 N–H and O–H groups in total. The minimum atomic E-state index is -0.545. The maximum atomic E-state index is 11.9. The van der Waals surface area contributed by atoms with Gasteiger partial charge >= 0.3 is 5.97 Å². The van der Waals surface area contributed by atoms with E-state index in [9.17, 15) is 14.4 Å². The van der Waals surface area contributed by atoms with Gasteiger partial charge in [0.1, 0.15) is 5.75 Å². The van der Waals surface area contributed by atoms with Gasteiger partial charge in [0.2, 0.25) is 0 Å². The molecule has 2 aromatic rings. The fraction of sp³-hybridized carbons (Fsp3) is 0.211. The summed E-state index contributed by atoms with van der Waals surface area (Å²) < 4.78 is 10.3. The summed E-state index contributed by atoms with van der Waals surface area (Å²) in [5.74, 6) is -1.05. The minimum Gasteiger partial charge on any atom is -0.484 e. The standard InChI is InChI=1S/C19H19ClN2O5/c1-2-10-26-19(25)13-6-8-16(9-7-13)27-12-17(23)21-22-18(24)14-4-3-5-15(20)11-14/h3-9,11H,2,10,12H2,1H3,(H,21,23)(H,22,24). The van der Waals surface area contributed by atoms with Crippen molar-refractivity contribution in [2.24, 2.45) is 0 Å². The normalized spacial score (nSPS) is 10.0. The first kappa shape index (κ1) is 20.3. The fourth-order valence-corrected chi connectivity index (χ4v) is 2.17. The van der Waals surface area contributed by atoms with Gasteiger partial charge in [-0.25, -0.2) is 4.79 Å². The summed E-state index contributed by atoms with van der Waals surface area (Å²) in [4.78, 5) is 35.3. The molecule has 0 heterocycles. The highest BCUT2D eigenvalue weighted by atomic mass is 35.5. The summed E-state index contributed by atoms with van der Waals surface area (Å²) in [6.07, 6.45) is 0.746. The smallest absolute Gasteiger partial charge is 0.338 e. The molecular weight excluding hydrogens is 372 g/mol. The van der Waals surface area contributed by atoms with Crippen LogP contribution in [-0.2, 0) is 9.53 Å². The average molecular weight is 391 g/mol. The van der Waals surface area contributed by atoms with E-state index in [2.05, 4.69) is 10.9 Å². The second-order valence-corrected chi connectivity index (χ2v) is 5.90. The minimum absolute atomic E-state index is 0.310. The van der Waals surface area contributed by atoms with Crippen LogP contribution in [0.1, 0.15) is 34.1 Å². The molecule has 27 heavy (non-hydrogen) atoms.